The molecular formula is C33H30N4O7S. The van der Waals surface area contributed by atoms with E-state index in [1.165, 1.54) is 56.3 Å². The molecule has 12 heteroatoms. The van der Waals surface area contributed by atoms with Gasteiger partial charge in [0.2, 0.25) is 5.91 Å². The monoisotopic (exact) mass is 626 g/mol. The van der Waals surface area contributed by atoms with Crippen LogP contribution in [0.4, 0.5) is 17.1 Å². The third kappa shape index (κ3) is 8.71. The number of nitro groups is 1. The van der Waals surface area contributed by atoms with Crippen LogP contribution in [0.5, 0.6) is 11.5 Å². The largest absolute Gasteiger partial charge is 0.493 e. The highest BCUT2D eigenvalue weighted by molar-refractivity contribution is 8.00. The van der Waals surface area contributed by atoms with Gasteiger partial charge in [0.15, 0.2) is 11.5 Å². The van der Waals surface area contributed by atoms with Gasteiger partial charge in [0, 0.05) is 39.5 Å². The van der Waals surface area contributed by atoms with E-state index < -0.39 is 22.0 Å². The Kier molecular flexibility index (Phi) is 10.9. The van der Waals surface area contributed by atoms with Gasteiger partial charge in [0.1, 0.15) is 5.70 Å². The van der Waals surface area contributed by atoms with Crippen LogP contribution in [0.2, 0.25) is 0 Å². The number of nitrogens with zero attached hydrogens (tertiary/aromatic N) is 1. The summed E-state index contributed by atoms with van der Waals surface area (Å²) >= 11 is 1.30. The summed E-state index contributed by atoms with van der Waals surface area (Å²) in [7, 11) is 2.99. The van der Waals surface area contributed by atoms with Crippen LogP contribution in [0.3, 0.4) is 0 Å². The predicted molar refractivity (Wildman–Crippen MR) is 174 cm³/mol. The fourth-order valence-electron chi connectivity index (χ4n) is 4.11. The van der Waals surface area contributed by atoms with Gasteiger partial charge in [-0.25, -0.2) is 0 Å². The molecule has 4 aromatic rings. The first kappa shape index (κ1) is 32.3. The molecule has 0 spiro atoms. The zero-order valence-electron chi connectivity index (χ0n) is 24.6. The van der Waals surface area contributed by atoms with E-state index >= 15 is 0 Å². The minimum atomic E-state index is -0.569. The van der Waals surface area contributed by atoms with Crippen molar-refractivity contribution < 1.29 is 28.8 Å². The number of ether oxygens (including phenoxy) is 2. The molecule has 0 bridgehead atoms. The molecule has 230 valence electrons. The third-order valence-electron chi connectivity index (χ3n) is 6.40. The van der Waals surface area contributed by atoms with Crippen molar-refractivity contribution in [3.8, 4) is 11.5 Å². The van der Waals surface area contributed by atoms with Gasteiger partial charge >= 0.3 is 0 Å². The maximum absolute atomic E-state index is 13.5. The van der Waals surface area contributed by atoms with Gasteiger partial charge in [0.05, 0.1) is 24.4 Å². The number of benzene rings is 4. The minimum Gasteiger partial charge on any atom is -0.493 e. The molecule has 1 unspecified atom stereocenters. The van der Waals surface area contributed by atoms with Gasteiger partial charge in [-0.05, 0) is 67.6 Å². The Labute approximate surface area is 263 Å². The summed E-state index contributed by atoms with van der Waals surface area (Å²) in [5, 5.41) is 18.6. The van der Waals surface area contributed by atoms with Crippen LogP contribution in [0.1, 0.15) is 22.8 Å². The van der Waals surface area contributed by atoms with Crippen molar-refractivity contribution in [3.63, 3.8) is 0 Å². The fraction of sp³-hybridized carbons (Fsp3) is 0.121. The van der Waals surface area contributed by atoms with E-state index in [0.29, 0.717) is 34.0 Å². The molecule has 0 aromatic heterocycles. The lowest BCUT2D eigenvalue weighted by molar-refractivity contribution is -0.384. The number of para-hydroxylation sites is 1. The number of methoxy groups -OCH3 is 2. The second-order valence-electron chi connectivity index (χ2n) is 9.49. The van der Waals surface area contributed by atoms with Crippen molar-refractivity contribution in [1.82, 2.24) is 5.32 Å². The zero-order valence-corrected chi connectivity index (χ0v) is 25.4. The summed E-state index contributed by atoms with van der Waals surface area (Å²) in [4.78, 5) is 50.2. The number of non-ortho nitro benzene ring substituents is 1. The molecule has 0 radical (unpaired) electrons. The number of hydrogen-bond donors (Lipinski definition) is 3. The Bertz CT molecular complexity index is 1710. The van der Waals surface area contributed by atoms with Crippen molar-refractivity contribution in [1.29, 1.82) is 0 Å². The van der Waals surface area contributed by atoms with Crippen LogP contribution in [-0.4, -0.2) is 42.1 Å². The van der Waals surface area contributed by atoms with Crippen LogP contribution < -0.4 is 25.4 Å². The van der Waals surface area contributed by atoms with Gasteiger partial charge in [-0.3, -0.25) is 24.5 Å². The Hall–Kier alpha value is -5.62. The van der Waals surface area contributed by atoms with Crippen LogP contribution in [0.15, 0.2) is 108 Å². The van der Waals surface area contributed by atoms with Crippen molar-refractivity contribution >= 4 is 52.6 Å². The van der Waals surface area contributed by atoms with E-state index in [1.807, 2.05) is 0 Å². The second kappa shape index (κ2) is 15.2. The summed E-state index contributed by atoms with van der Waals surface area (Å²) in [6.45, 7) is 1.74. The average Bonchev–Trinajstić information content (AvgIpc) is 3.05. The van der Waals surface area contributed by atoms with Crippen LogP contribution in [0.25, 0.3) is 6.08 Å². The number of nitro benzene ring substituents is 1. The second-order valence-corrected chi connectivity index (χ2v) is 10.9. The molecule has 45 heavy (non-hydrogen) atoms. The van der Waals surface area contributed by atoms with Crippen molar-refractivity contribution in [2.75, 3.05) is 24.9 Å². The van der Waals surface area contributed by atoms with E-state index in [4.69, 9.17) is 9.47 Å². The standard InChI is InChI=1S/C33H30N4O7S/c1-21(31(38)34-24-12-16-26(17-13-24)37(41)42)45-27-18-14-25(15-19-27)35-33(40)28(36-32(39)22-8-5-4-6-9-22)20-23-10-7-11-29(43-2)30(23)44-3/h4-21H,1-3H3,(H,34,38)(H,35,40)(H,36,39)/b28-20-. The van der Waals surface area contributed by atoms with E-state index in [2.05, 4.69) is 16.0 Å². The number of amides is 3. The Morgan fingerprint density at radius 3 is 2.09 bits per heavy atom. The lowest BCUT2D eigenvalue weighted by atomic mass is 10.1. The summed E-state index contributed by atoms with van der Waals surface area (Å²) in [6.07, 6.45) is 1.51. The number of thioether (sulfide) groups is 1. The summed E-state index contributed by atoms with van der Waals surface area (Å²) in [5.41, 5.74) is 1.72. The molecule has 0 aliphatic carbocycles. The highest BCUT2D eigenvalue weighted by atomic mass is 32.2. The molecule has 0 saturated heterocycles. The number of carbonyl (C=O) groups is 3. The molecule has 0 heterocycles. The van der Waals surface area contributed by atoms with E-state index in [1.54, 1.807) is 79.7 Å². The van der Waals surface area contributed by atoms with Crippen LogP contribution in [0, 0.1) is 10.1 Å². The maximum atomic E-state index is 13.5. The Morgan fingerprint density at radius 1 is 0.822 bits per heavy atom. The highest BCUT2D eigenvalue weighted by Crippen LogP contribution is 2.32. The first-order chi connectivity index (χ1) is 21.7. The molecule has 0 fully saturated rings. The molecule has 3 N–H and O–H groups in total. The number of anilines is 2. The molecule has 11 nitrogen and oxygen atoms in total. The van der Waals surface area contributed by atoms with E-state index in [-0.39, 0.29) is 17.3 Å². The zero-order chi connectivity index (χ0) is 32.3. The molecule has 3 amide bonds. The Morgan fingerprint density at radius 2 is 1.47 bits per heavy atom. The first-order valence-electron chi connectivity index (χ1n) is 13.6. The molecular weight excluding hydrogens is 596 g/mol. The van der Waals surface area contributed by atoms with Crippen molar-refractivity contribution in [3.05, 3.63) is 124 Å². The van der Waals surface area contributed by atoms with Crippen molar-refractivity contribution in [2.24, 2.45) is 0 Å². The molecule has 4 rings (SSSR count). The summed E-state index contributed by atoms with van der Waals surface area (Å²) in [6, 6.07) is 26.2. The number of hydrogen-bond acceptors (Lipinski definition) is 8. The number of rotatable bonds is 12. The SMILES string of the molecule is COc1cccc(/C=C(\NC(=O)c2ccccc2)C(=O)Nc2ccc(SC(C)C(=O)Nc3ccc([N+](=O)[O-])cc3)cc2)c1OC. The normalized spacial score (nSPS) is 11.6. The molecule has 0 saturated carbocycles. The van der Waals surface area contributed by atoms with E-state index in [0.717, 1.165) is 4.90 Å². The maximum Gasteiger partial charge on any atom is 0.272 e. The molecule has 1 atom stereocenters. The predicted octanol–water partition coefficient (Wildman–Crippen LogP) is 6.14. The molecule has 0 aliphatic heterocycles. The van der Waals surface area contributed by atoms with Gasteiger partial charge < -0.3 is 25.4 Å². The minimum absolute atomic E-state index is 0.0228. The number of carbonyl (C=O) groups excluding carboxylic acids is 3. The topological polar surface area (TPSA) is 149 Å². The fourth-order valence-corrected chi connectivity index (χ4v) is 4.97. The van der Waals surface area contributed by atoms with Gasteiger partial charge in [0.25, 0.3) is 17.5 Å². The van der Waals surface area contributed by atoms with E-state index in [9.17, 15) is 24.5 Å². The number of nitrogens with one attached hydrogen (secondary N) is 3. The third-order valence-corrected chi connectivity index (χ3v) is 7.51. The van der Waals surface area contributed by atoms with Crippen LogP contribution >= 0.6 is 11.8 Å². The van der Waals surface area contributed by atoms with Crippen LogP contribution in [-0.2, 0) is 9.59 Å². The lowest BCUT2D eigenvalue weighted by Crippen LogP contribution is -2.30. The molecule has 0 aliphatic rings. The highest BCUT2D eigenvalue weighted by Gasteiger charge is 2.19. The summed E-state index contributed by atoms with van der Waals surface area (Å²) < 4.78 is 10.9. The smallest absolute Gasteiger partial charge is 0.272 e. The van der Waals surface area contributed by atoms with Gasteiger partial charge in [-0.15, -0.1) is 11.8 Å². The van der Waals surface area contributed by atoms with Crippen molar-refractivity contribution in [2.45, 2.75) is 17.1 Å². The molecule has 4 aromatic carbocycles. The lowest BCUT2D eigenvalue weighted by Gasteiger charge is -2.14. The van der Waals surface area contributed by atoms with Gasteiger partial charge in [-0.1, -0.05) is 30.3 Å². The average molecular weight is 627 g/mol. The Balaban J connectivity index is 1.47. The summed E-state index contributed by atoms with van der Waals surface area (Å²) in [5.74, 6) is -0.452. The van der Waals surface area contributed by atoms with Gasteiger partial charge in [-0.2, -0.15) is 0 Å². The first-order valence-corrected chi connectivity index (χ1v) is 14.5. The quantitative estimate of drug-likeness (QED) is 0.0735.